The van der Waals surface area contributed by atoms with Crippen molar-refractivity contribution in [3.63, 3.8) is 0 Å². The molecule has 3 rings (SSSR count). The lowest BCUT2D eigenvalue weighted by Gasteiger charge is -2.49. The van der Waals surface area contributed by atoms with Crippen LogP contribution in [0.15, 0.2) is 29.2 Å². The van der Waals surface area contributed by atoms with Crippen LogP contribution >= 0.6 is 0 Å². The van der Waals surface area contributed by atoms with E-state index in [2.05, 4.69) is 35.4 Å². The minimum atomic E-state index is -3.51. The van der Waals surface area contributed by atoms with Gasteiger partial charge in [0.15, 0.2) is 0 Å². The average molecular weight is 396 g/mol. The number of morpholine rings is 1. The van der Waals surface area contributed by atoms with E-state index in [0.717, 1.165) is 57.8 Å². The van der Waals surface area contributed by atoms with Gasteiger partial charge in [-0.1, -0.05) is 26.0 Å². The molecule has 1 aromatic rings. The van der Waals surface area contributed by atoms with Crippen LogP contribution in [0, 0.1) is 0 Å². The lowest BCUT2D eigenvalue weighted by Crippen LogP contribution is -2.62. The van der Waals surface area contributed by atoms with Gasteiger partial charge in [-0.15, -0.1) is 0 Å². The summed E-state index contributed by atoms with van der Waals surface area (Å²) in [5.74, 6) is 0.388. The van der Waals surface area contributed by atoms with Gasteiger partial charge in [0, 0.05) is 25.2 Å². The Labute approximate surface area is 163 Å². The van der Waals surface area contributed by atoms with E-state index in [1.165, 1.54) is 0 Å². The van der Waals surface area contributed by atoms with Gasteiger partial charge in [-0.2, -0.15) is 0 Å². The Morgan fingerprint density at radius 3 is 2.22 bits per heavy atom. The summed E-state index contributed by atoms with van der Waals surface area (Å²) < 4.78 is 34.2. The van der Waals surface area contributed by atoms with E-state index < -0.39 is 10.0 Å². The van der Waals surface area contributed by atoms with Crippen LogP contribution in [0.1, 0.15) is 38.2 Å². The lowest BCUT2D eigenvalue weighted by molar-refractivity contribution is -0.0427. The summed E-state index contributed by atoms with van der Waals surface area (Å²) in [7, 11) is -1.39. The third kappa shape index (κ3) is 4.90. The molecule has 2 saturated heterocycles. The number of hydrogen-bond acceptors (Lipinski definition) is 5. The molecule has 152 valence electrons. The molecule has 1 N–H and O–H groups in total. The Balaban J connectivity index is 1.73. The minimum Gasteiger partial charge on any atom is -0.379 e. The van der Waals surface area contributed by atoms with Gasteiger partial charge < -0.3 is 9.64 Å². The zero-order valence-corrected chi connectivity index (χ0v) is 17.6. The van der Waals surface area contributed by atoms with E-state index in [0.29, 0.717) is 17.4 Å². The normalized spacial score (nSPS) is 22.2. The molecular weight excluding hydrogens is 362 g/mol. The minimum absolute atomic E-state index is 0.124. The molecule has 0 saturated carbocycles. The topological polar surface area (TPSA) is 61.9 Å². The van der Waals surface area contributed by atoms with Gasteiger partial charge in [0.25, 0.3) is 0 Å². The number of likely N-dealkylation sites (tertiary alicyclic amines) is 1. The molecule has 2 fully saturated rings. The highest BCUT2D eigenvalue weighted by atomic mass is 32.2. The van der Waals surface area contributed by atoms with E-state index in [-0.39, 0.29) is 5.54 Å². The van der Waals surface area contributed by atoms with E-state index >= 15 is 0 Å². The molecule has 0 amide bonds. The van der Waals surface area contributed by atoms with Crippen molar-refractivity contribution in [2.75, 3.05) is 53.0 Å². The number of hydrogen-bond donors (Lipinski definition) is 1. The molecule has 0 aliphatic carbocycles. The maximum Gasteiger partial charge on any atom is 0.240 e. The van der Waals surface area contributed by atoms with E-state index in [9.17, 15) is 8.42 Å². The Bertz CT molecular complexity index is 704. The number of ether oxygens (including phenoxy) is 1. The van der Waals surface area contributed by atoms with Gasteiger partial charge >= 0.3 is 0 Å². The summed E-state index contributed by atoms with van der Waals surface area (Å²) in [5, 5.41) is 0. The fourth-order valence-corrected chi connectivity index (χ4v) is 5.14. The Morgan fingerprint density at radius 2 is 1.67 bits per heavy atom. The van der Waals surface area contributed by atoms with Crippen LogP contribution in [0.4, 0.5) is 0 Å². The SMILES string of the molecule is CC(C)c1ccc(S(=O)(=O)NCC2(N3CCOCC3)CCN(C)CC2)cc1. The molecule has 1 aromatic carbocycles. The van der Waals surface area contributed by atoms with E-state index in [4.69, 9.17) is 4.74 Å². The Morgan fingerprint density at radius 1 is 1.07 bits per heavy atom. The Kier molecular flexibility index (Phi) is 6.58. The highest BCUT2D eigenvalue weighted by Crippen LogP contribution is 2.29. The van der Waals surface area contributed by atoms with Crippen LogP contribution in [-0.4, -0.2) is 76.7 Å². The van der Waals surface area contributed by atoms with Crippen molar-refractivity contribution < 1.29 is 13.2 Å². The van der Waals surface area contributed by atoms with Gasteiger partial charge in [-0.25, -0.2) is 13.1 Å². The standard InChI is InChI=1S/C20H33N3O3S/c1-17(2)18-4-6-19(7-5-18)27(24,25)21-16-20(8-10-22(3)11-9-20)23-12-14-26-15-13-23/h4-7,17,21H,8-16H2,1-3H3. The highest BCUT2D eigenvalue weighted by molar-refractivity contribution is 7.89. The molecule has 0 spiro atoms. The van der Waals surface area contributed by atoms with Crippen molar-refractivity contribution in [1.29, 1.82) is 0 Å². The number of rotatable bonds is 6. The largest absolute Gasteiger partial charge is 0.379 e. The smallest absolute Gasteiger partial charge is 0.240 e. The number of nitrogens with zero attached hydrogens (tertiary/aromatic N) is 2. The molecule has 0 unspecified atom stereocenters. The second kappa shape index (κ2) is 8.57. The van der Waals surface area contributed by atoms with Gasteiger partial charge in [0.2, 0.25) is 10.0 Å². The van der Waals surface area contributed by atoms with Gasteiger partial charge in [0.1, 0.15) is 0 Å². The van der Waals surface area contributed by atoms with Crippen LogP contribution in [0.2, 0.25) is 0 Å². The van der Waals surface area contributed by atoms with Crippen molar-refractivity contribution in [2.24, 2.45) is 0 Å². The van der Waals surface area contributed by atoms with Crippen molar-refractivity contribution in [3.8, 4) is 0 Å². The van der Waals surface area contributed by atoms with Crippen LogP contribution in [-0.2, 0) is 14.8 Å². The first-order valence-corrected chi connectivity index (χ1v) is 11.4. The maximum absolute atomic E-state index is 12.9. The van der Waals surface area contributed by atoms with Crippen molar-refractivity contribution in [3.05, 3.63) is 29.8 Å². The second-order valence-electron chi connectivity index (χ2n) is 8.18. The molecular formula is C20H33N3O3S. The molecule has 2 heterocycles. The second-order valence-corrected chi connectivity index (χ2v) is 9.94. The molecule has 27 heavy (non-hydrogen) atoms. The van der Waals surface area contributed by atoms with Crippen LogP contribution in [0.5, 0.6) is 0 Å². The predicted octanol–water partition coefficient (Wildman–Crippen LogP) is 1.88. The van der Waals surface area contributed by atoms with Crippen molar-refractivity contribution in [2.45, 2.75) is 43.0 Å². The van der Waals surface area contributed by atoms with Gasteiger partial charge in [-0.05, 0) is 56.6 Å². The van der Waals surface area contributed by atoms with Gasteiger partial charge in [0.05, 0.1) is 18.1 Å². The summed E-state index contributed by atoms with van der Waals surface area (Å²) in [4.78, 5) is 5.10. The summed E-state index contributed by atoms with van der Waals surface area (Å²) in [5.41, 5.74) is 1.02. The first-order chi connectivity index (χ1) is 12.8. The monoisotopic (exact) mass is 395 g/mol. The lowest BCUT2D eigenvalue weighted by atomic mass is 9.85. The molecule has 2 aliphatic rings. The summed E-state index contributed by atoms with van der Waals surface area (Å²) in [6.45, 7) is 9.83. The molecule has 0 radical (unpaired) electrons. The summed E-state index contributed by atoms with van der Waals surface area (Å²) >= 11 is 0. The first-order valence-electron chi connectivity index (χ1n) is 9.93. The third-order valence-corrected chi connectivity index (χ3v) is 7.47. The van der Waals surface area contributed by atoms with Crippen molar-refractivity contribution >= 4 is 10.0 Å². The molecule has 6 nitrogen and oxygen atoms in total. The number of sulfonamides is 1. The zero-order chi connectivity index (χ0) is 19.5. The van der Waals surface area contributed by atoms with Crippen LogP contribution < -0.4 is 4.72 Å². The third-order valence-electron chi connectivity index (χ3n) is 6.05. The van der Waals surface area contributed by atoms with Crippen LogP contribution in [0.3, 0.4) is 0 Å². The fourth-order valence-electron chi connectivity index (χ4n) is 4.02. The Hall–Kier alpha value is -0.990. The number of piperidine rings is 1. The maximum atomic E-state index is 12.9. The number of benzene rings is 1. The van der Waals surface area contributed by atoms with Crippen LogP contribution in [0.25, 0.3) is 0 Å². The van der Waals surface area contributed by atoms with E-state index in [1.54, 1.807) is 12.1 Å². The predicted molar refractivity (Wildman–Crippen MR) is 108 cm³/mol. The highest BCUT2D eigenvalue weighted by Gasteiger charge is 2.40. The zero-order valence-electron chi connectivity index (χ0n) is 16.8. The molecule has 0 aromatic heterocycles. The molecule has 7 heteroatoms. The summed E-state index contributed by atoms with van der Waals surface area (Å²) in [6, 6.07) is 7.25. The quantitative estimate of drug-likeness (QED) is 0.797. The fraction of sp³-hybridized carbons (Fsp3) is 0.700. The average Bonchev–Trinajstić information content (AvgIpc) is 2.69. The molecule has 2 aliphatic heterocycles. The molecule has 0 bridgehead atoms. The van der Waals surface area contributed by atoms with E-state index in [1.807, 2.05) is 12.1 Å². The number of nitrogens with one attached hydrogen (secondary N) is 1. The van der Waals surface area contributed by atoms with Gasteiger partial charge in [-0.3, -0.25) is 4.90 Å². The summed E-state index contributed by atoms with van der Waals surface area (Å²) in [6.07, 6.45) is 1.94. The molecule has 0 atom stereocenters. The van der Waals surface area contributed by atoms with Crippen molar-refractivity contribution in [1.82, 2.24) is 14.5 Å². The first kappa shape index (κ1) is 20.7.